The Kier molecular flexibility index (Phi) is 5.87. The molecule has 0 radical (unpaired) electrons. The van der Waals surface area contributed by atoms with Gasteiger partial charge in [-0.3, -0.25) is 10.1 Å². The fourth-order valence-corrected chi connectivity index (χ4v) is 1.65. The lowest BCUT2D eigenvalue weighted by atomic mass is 10.1. The van der Waals surface area contributed by atoms with Crippen LogP contribution in [-0.4, -0.2) is 29.9 Å². The van der Waals surface area contributed by atoms with Crippen LogP contribution in [0.5, 0.6) is 0 Å². The number of benzene rings is 1. The standard InChI is InChI=1S/C15H20FNO5/c1-15(2,3)22-14(20)17-9-5-6-10(11(16)7-9)12(18)8-13(19)21-4/h5-7,12,18H,8H2,1-4H3,(H,17,20)/t12-/m1/s1. The summed E-state index contributed by atoms with van der Waals surface area (Å²) in [5.41, 5.74) is -0.542. The van der Waals surface area contributed by atoms with Gasteiger partial charge in [-0.05, 0) is 32.9 Å². The molecule has 1 aromatic rings. The average molecular weight is 313 g/mol. The van der Waals surface area contributed by atoms with E-state index in [4.69, 9.17) is 4.74 Å². The molecule has 0 saturated carbocycles. The summed E-state index contributed by atoms with van der Waals surface area (Å²) in [5.74, 6) is -1.40. The third-order valence-corrected chi connectivity index (χ3v) is 2.59. The Morgan fingerprint density at radius 1 is 1.36 bits per heavy atom. The number of nitrogens with one attached hydrogen (secondary N) is 1. The van der Waals surface area contributed by atoms with Crippen molar-refractivity contribution in [3.05, 3.63) is 29.6 Å². The van der Waals surface area contributed by atoms with E-state index in [1.165, 1.54) is 19.2 Å². The molecule has 0 fully saturated rings. The number of hydrogen-bond donors (Lipinski definition) is 2. The first-order valence-electron chi connectivity index (χ1n) is 6.66. The van der Waals surface area contributed by atoms with E-state index in [1.807, 2.05) is 0 Å². The van der Waals surface area contributed by atoms with Gasteiger partial charge >= 0.3 is 12.1 Å². The van der Waals surface area contributed by atoms with Gasteiger partial charge in [0.2, 0.25) is 0 Å². The van der Waals surface area contributed by atoms with Crippen molar-refractivity contribution in [3.63, 3.8) is 0 Å². The van der Waals surface area contributed by atoms with Gasteiger partial charge in [0.25, 0.3) is 0 Å². The average Bonchev–Trinajstić information content (AvgIpc) is 2.35. The van der Waals surface area contributed by atoms with E-state index in [1.54, 1.807) is 20.8 Å². The first kappa shape index (κ1) is 17.9. The predicted octanol–water partition coefficient (Wildman–Crippen LogP) is 2.77. The number of ether oxygens (including phenoxy) is 2. The van der Waals surface area contributed by atoms with Gasteiger partial charge in [0.1, 0.15) is 11.4 Å². The Morgan fingerprint density at radius 2 is 2.00 bits per heavy atom. The Balaban J connectivity index is 2.77. The lowest BCUT2D eigenvalue weighted by Crippen LogP contribution is -2.27. The molecule has 1 amide bonds. The summed E-state index contributed by atoms with van der Waals surface area (Å²) < 4.78 is 23.4. The van der Waals surface area contributed by atoms with Crippen molar-refractivity contribution >= 4 is 17.7 Å². The van der Waals surface area contributed by atoms with Gasteiger partial charge < -0.3 is 14.6 Å². The van der Waals surface area contributed by atoms with Crippen molar-refractivity contribution in [3.8, 4) is 0 Å². The fraction of sp³-hybridized carbons (Fsp3) is 0.467. The number of anilines is 1. The topological polar surface area (TPSA) is 84.9 Å². The number of aliphatic hydroxyl groups excluding tert-OH is 1. The van der Waals surface area contributed by atoms with E-state index in [9.17, 15) is 19.1 Å². The highest BCUT2D eigenvalue weighted by atomic mass is 19.1. The highest BCUT2D eigenvalue weighted by molar-refractivity contribution is 5.84. The number of esters is 1. The summed E-state index contributed by atoms with van der Waals surface area (Å²) in [5, 5.41) is 12.2. The third kappa shape index (κ3) is 5.69. The summed E-state index contributed by atoms with van der Waals surface area (Å²) in [7, 11) is 1.18. The monoisotopic (exact) mass is 313 g/mol. The molecule has 0 bridgehead atoms. The molecule has 2 N–H and O–H groups in total. The summed E-state index contributed by atoms with van der Waals surface area (Å²) in [6.07, 6.45) is -2.38. The highest BCUT2D eigenvalue weighted by Crippen LogP contribution is 2.23. The molecule has 0 aromatic heterocycles. The number of aliphatic hydroxyl groups is 1. The number of carbonyl (C=O) groups is 2. The van der Waals surface area contributed by atoms with Crippen molar-refractivity contribution < 1.29 is 28.6 Å². The quantitative estimate of drug-likeness (QED) is 0.835. The van der Waals surface area contributed by atoms with Crippen LogP contribution in [0.25, 0.3) is 0 Å². The van der Waals surface area contributed by atoms with E-state index in [-0.39, 0.29) is 17.7 Å². The minimum absolute atomic E-state index is 0.0554. The number of rotatable bonds is 4. The van der Waals surface area contributed by atoms with Crippen LogP contribution < -0.4 is 5.32 Å². The Morgan fingerprint density at radius 3 is 2.50 bits per heavy atom. The van der Waals surface area contributed by atoms with Crippen LogP contribution in [-0.2, 0) is 14.3 Å². The SMILES string of the molecule is COC(=O)C[C@@H](O)c1ccc(NC(=O)OC(C)(C)C)cc1F. The molecule has 1 rings (SSSR count). The molecule has 122 valence electrons. The van der Waals surface area contributed by atoms with Gasteiger partial charge in [-0.15, -0.1) is 0 Å². The first-order valence-corrected chi connectivity index (χ1v) is 6.66. The molecule has 0 aliphatic carbocycles. The predicted molar refractivity (Wildman–Crippen MR) is 77.8 cm³/mol. The molecule has 0 saturated heterocycles. The first-order chi connectivity index (χ1) is 10.1. The summed E-state index contributed by atoms with van der Waals surface area (Å²) in [4.78, 5) is 22.7. The van der Waals surface area contributed by atoms with E-state index in [0.717, 1.165) is 6.07 Å². The van der Waals surface area contributed by atoms with Crippen LogP contribution in [0.2, 0.25) is 0 Å². The van der Waals surface area contributed by atoms with Crippen LogP contribution in [0.15, 0.2) is 18.2 Å². The van der Waals surface area contributed by atoms with Crippen molar-refractivity contribution in [1.29, 1.82) is 0 Å². The van der Waals surface area contributed by atoms with E-state index in [2.05, 4.69) is 10.1 Å². The van der Waals surface area contributed by atoms with Gasteiger partial charge in [-0.25, -0.2) is 9.18 Å². The van der Waals surface area contributed by atoms with Crippen LogP contribution >= 0.6 is 0 Å². The van der Waals surface area contributed by atoms with Crippen LogP contribution in [0.1, 0.15) is 38.9 Å². The molecule has 0 aliphatic heterocycles. The summed E-state index contributed by atoms with van der Waals surface area (Å²) in [6, 6.07) is 3.73. The molecule has 22 heavy (non-hydrogen) atoms. The summed E-state index contributed by atoms with van der Waals surface area (Å²) in [6.45, 7) is 5.12. The number of hydrogen-bond acceptors (Lipinski definition) is 5. The lowest BCUT2D eigenvalue weighted by molar-refractivity contribution is -0.142. The number of methoxy groups -OCH3 is 1. The van der Waals surface area contributed by atoms with Crippen molar-refractivity contribution in [2.75, 3.05) is 12.4 Å². The molecular formula is C15H20FNO5. The molecule has 6 nitrogen and oxygen atoms in total. The zero-order valence-corrected chi connectivity index (χ0v) is 13.0. The molecule has 0 unspecified atom stereocenters. The van der Waals surface area contributed by atoms with Crippen molar-refractivity contribution in [2.24, 2.45) is 0 Å². The second-order valence-electron chi connectivity index (χ2n) is 5.66. The largest absolute Gasteiger partial charge is 0.469 e. The molecule has 0 aliphatic rings. The van der Waals surface area contributed by atoms with Crippen LogP contribution in [0.4, 0.5) is 14.9 Å². The number of halogens is 1. The Labute approximate surface area is 128 Å². The van der Waals surface area contributed by atoms with Crippen molar-refractivity contribution in [1.82, 2.24) is 0 Å². The molecule has 7 heteroatoms. The third-order valence-electron chi connectivity index (χ3n) is 2.59. The van der Waals surface area contributed by atoms with E-state index in [0.29, 0.717) is 0 Å². The maximum Gasteiger partial charge on any atom is 0.412 e. The Bertz CT molecular complexity index is 553. The van der Waals surface area contributed by atoms with E-state index >= 15 is 0 Å². The minimum atomic E-state index is -1.32. The maximum atomic E-state index is 13.9. The van der Waals surface area contributed by atoms with Crippen LogP contribution in [0, 0.1) is 5.82 Å². The fourth-order valence-electron chi connectivity index (χ4n) is 1.65. The number of carbonyl (C=O) groups excluding carboxylic acids is 2. The molecule has 1 atom stereocenters. The van der Waals surface area contributed by atoms with Gasteiger partial charge in [0.15, 0.2) is 0 Å². The van der Waals surface area contributed by atoms with E-state index < -0.39 is 29.6 Å². The van der Waals surface area contributed by atoms with Gasteiger partial charge in [-0.1, -0.05) is 6.07 Å². The second-order valence-corrected chi connectivity index (χ2v) is 5.66. The molecule has 0 heterocycles. The van der Waals surface area contributed by atoms with Gasteiger partial charge in [-0.2, -0.15) is 0 Å². The second kappa shape index (κ2) is 7.22. The lowest BCUT2D eigenvalue weighted by Gasteiger charge is -2.20. The zero-order valence-electron chi connectivity index (χ0n) is 13.0. The molecule has 0 spiro atoms. The van der Waals surface area contributed by atoms with Gasteiger partial charge in [0.05, 0.1) is 19.6 Å². The smallest absolute Gasteiger partial charge is 0.412 e. The van der Waals surface area contributed by atoms with Gasteiger partial charge in [0, 0.05) is 11.3 Å². The molecule has 1 aromatic carbocycles. The van der Waals surface area contributed by atoms with Crippen molar-refractivity contribution in [2.45, 2.75) is 38.9 Å². The highest BCUT2D eigenvalue weighted by Gasteiger charge is 2.19. The normalized spacial score (nSPS) is 12.5. The molecular weight excluding hydrogens is 293 g/mol. The zero-order chi connectivity index (χ0) is 16.9. The number of amides is 1. The summed E-state index contributed by atoms with van der Waals surface area (Å²) >= 11 is 0. The van der Waals surface area contributed by atoms with Crippen LogP contribution in [0.3, 0.4) is 0 Å². The minimum Gasteiger partial charge on any atom is -0.469 e. The Hall–Kier alpha value is -2.15. The maximum absolute atomic E-state index is 13.9.